The third kappa shape index (κ3) is 2.06. The number of hydrogen-bond acceptors (Lipinski definition) is 3. The van der Waals surface area contributed by atoms with Crippen LogP contribution in [0.2, 0.25) is 0 Å². The Labute approximate surface area is 99.5 Å². The van der Waals surface area contributed by atoms with Gasteiger partial charge in [-0.05, 0) is 32.0 Å². The van der Waals surface area contributed by atoms with E-state index >= 15 is 0 Å². The van der Waals surface area contributed by atoms with Crippen molar-refractivity contribution >= 4 is 0 Å². The average Bonchev–Trinajstić information content (AvgIpc) is 2.28. The topological polar surface area (TPSA) is 44.1 Å². The van der Waals surface area contributed by atoms with Crippen molar-refractivity contribution in [2.24, 2.45) is 0 Å². The molecular weight excluding hydrogens is 216 g/mol. The molecule has 2 aromatic rings. The Balaban J connectivity index is 2.73. The molecule has 0 aliphatic carbocycles. The Morgan fingerprint density at radius 1 is 1.24 bits per heavy atom. The van der Waals surface area contributed by atoms with Crippen LogP contribution in [0, 0.1) is 13.8 Å². The first-order chi connectivity index (χ1) is 8.13. The Kier molecular flexibility index (Phi) is 2.95. The molecule has 4 nitrogen and oxygen atoms in total. The molecule has 0 N–H and O–H groups in total. The van der Waals surface area contributed by atoms with E-state index in [2.05, 4.69) is 4.98 Å². The average molecular weight is 230 g/mol. The van der Waals surface area contributed by atoms with Gasteiger partial charge in [-0.3, -0.25) is 4.57 Å². The van der Waals surface area contributed by atoms with E-state index < -0.39 is 0 Å². The molecule has 88 valence electrons. The number of rotatable bonds is 2. The van der Waals surface area contributed by atoms with Crippen LogP contribution >= 0.6 is 0 Å². The van der Waals surface area contributed by atoms with Gasteiger partial charge in [0, 0.05) is 11.4 Å². The first kappa shape index (κ1) is 11.4. The molecule has 0 unspecified atom stereocenters. The smallest absolute Gasteiger partial charge is 0.352 e. The van der Waals surface area contributed by atoms with Crippen molar-refractivity contribution in [2.45, 2.75) is 13.8 Å². The Bertz CT molecular complexity index is 603. The molecule has 17 heavy (non-hydrogen) atoms. The second kappa shape index (κ2) is 4.41. The zero-order valence-corrected chi connectivity index (χ0v) is 10.1. The van der Waals surface area contributed by atoms with E-state index in [1.54, 1.807) is 18.6 Å². The van der Waals surface area contributed by atoms with Gasteiger partial charge in [0.15, 0.2) is 0 Å². The van der Waals surface area contributed by atoms with Gasteiger partial charge >= 0.3 is 5.69 Å². The number of para-hydroxylation sites is 2. The van der Waals surface area contributed by atoms with Crippen molar-refractivity contribution in [1.29, 1.82) is 0 Å². The van der Waals surface area contributed by atoms with Crippen molar-refractivity contribution in [3.05, 3.63) is 52.2 Å². The van der Waals surface area contributed by atoms with Gasteiger partial charge in [0.25, 0.3) is 0 Å². The Morgan fingerprint density at radius 2 is 1.94 bits per heavy atom. The van der Waals surface area contributed by atoms with Crippen molar-refractivity contribution in [3.63, 3.8) is 0 Å². The maximum absolute atomic E-state index is 11.9. The fourth-order valence-electron chi connectivity index (χ4n) is 1.86. The van der Waals surface area contributed by atoms with E-state index in [1.165, 1.54) is 0 Å². The number of aryl methyl sites for hydroxylation is 2. The largest absolute Gasteiger partial charge is 0.495 e. The summed E-state index contributed by atoms with van der Waals surface area (Å²) >= 11 is 0. The molecule has 0 spiro atoms. The van der Waals surface area contributed by atoms with Crippen LogP contribution in [0.25, 0.3) is 5.69 Å². The normalized spacial score (nSPS) is 10.3. The number of benzene rings is 1. The molecule has 0 aliphatic heterocycles. The second-order valence-electron chi connectivity index (χ2n) is 3.83. The van der Waals surface area contributed by atoms with Gasteiger partial charge in [-0.25, -0.2) is 4.79 Å². The van der Waals surface area contributed by atoms with Gasteiger partial charge in [0.2, 0.25) is 0 Å². The van der Waals surface area contributed by atoms with Crippen LogP contribution in [0.5, 0.6) is 5.75 Å². The highest BCUT2D eigenvalue weighted by atomic mass is 16.5. The zero-order valence-electron chi connectivity index (χ0n) is 10.1. The Hall–Kier alpha value is -2.10. The lowest BCUT2D eigenvalue weighted by molar-refractivity contribution is 0.412. The number of ether oxygens (including phenoxy) is 1. The van der Waals surface area contributed by atoms with Crippen LogP contribution in [0.1, 0.15) is 11.4 Å². The SMILES string of the molecule is COc1ccccc1-n1c(C)cc(C)nc1=O. The highest BCUT2D eigenvalue weighted by Gasteiger charge is 2.09. The number of hydrogen-bond donors (Lipinski definition) is 0. The van der Waals surface area contributed by atoms with E-state index in [0.29, 0.717) is 11.4 Å². The highest BCUT2D eigenvalue weighted by molar-refractivity contribution is 5.47. The summed E-state index contributed by atoms with van der Waals surface area (Å²) in [6.45, 7) is 3.68. The minimum Gasteiger partial charge on any atom is -0.495 e. The summed E-state index contributed by atoms with van der Waals surface area (Å²) in [5, 5.41) is 0. The van der Waals surface area contributed by atoms with Crippen molar-refractivity contribution < 1.29 is 4.74 Å². The summed E-state index contributed by atoms with van der Waals surface area (Å²) < 4.78 is 6.80. The summed E-state index contributed by atoms with van der Waals surface area (Å²) in [6, 6.07) is 9.26. The molecule has 2 rings (SSSR count). The molecule has 1 heterocycles. The third-order valence-electron chi connectivity index (χ3n) is 2.56. The predicted molar refractivity (Wildman–Crippen MR) is 65.9 cm³/mol. The first-order valence-electron chi connectivity index (χ1n) is 5.34. The first-order valence-corrected chi connectivity index (χ1v) is 5.34. The fourth-order valence-corrected chi connectivity index (χ4v) is 1.86. The lowest BCUT2D eigenvalue weighted by Crippen LogP contribution is -2.24. The van der Waals surface area contributed by atoms with E-state index in [0.717, 1.165) is 11.4 Å². The molecule has 0 saturated heterocycles. The van der Waals surface area contributed by atoms with Crippen molar-refractivity contribution in [1.82, 2.24) is 9.55 Å². The predicted octanol–water partition coefficient (Wildman–Crippen LogP) is 1.86. The summed E-state index contributed by atoms with van der Waals surface area (Å²) in [5.74, 6) is 0.656. The molecule has 0 fully saturated rings. The summed E-state index contributed by atoms with van der Waals surface area (Å²) in [7, 11) is 1.58. The minimum absolute atomic E-state index is 0.285. The molecular formula is C13H14N2O2. The number of aromatic nitrogens is 2. The number of methoxy groups -OCH3 is 1. The van der Waals surface area contributed by atoms with Crippen LogP contribution in [-0.4, -0.2) is 16.7 Å². The molecule has 0 aliphatic rings. The second-order valence-corrected chi connectivity index (χ2v) is 3.83. The van der Waals surface area contributed by atoms with Crippen LogP contribution in [0.3, 0.4) is 0 Å². The van der Waals surface area contributed by atoms with Crippen molar-refractivity contribution in [2.75, 3.05) is 7.11 Å². The van der Waals surface area contributed by atoms with E-state index in [1.807, 2.05) is 37.3 Å². The van der Waals surface area contributed by atoms with Crippen LogP contribution in [0.15, 0.2) is 35.1 Å². The van der Waals surface area contributed by atoms with Crippen LogP contribution < -0.4 is 10.4 Å². The lowest BCUT2D eigenvalue weighted by Gasteiger charge is -2.13. The maximum atomic E-state index is 11.9. The lowest BCUT2D eigenvalue weighted by atomic mass is 10.2. The summed E-state index contributed by atoms with van der Waals surface area (Å²) in [5.41, 5.74) is 1.99. The van der Waals surface area contributed by atoms with E-state index in [4.69, 9.17) is 4.74 Å². The van der Waals surface area contributed by atoms with Crippen LogP contribution in [-0.2, 0) is 0 Å². The summed E-state index contributed by atoms with van der Waals surface area (Å²) in [6.07, 6.45) is 0. The van der Waals surface area contributed by atoms with Gasteiger partial charge in [0.1, 0.15) is 5.75 Å². The van der Waals surface area contributed by atoms with E-state index in [-0.39, 0.29) is 5.69 Å². The Morgan fingerprint density at radius 3 is 2.59 bits per heavy atom. The van der Waals surface area contributed by atoms with E-state index in [9.17, 15) is 4.79 Å². The molecule has 0 saturated carbocycles. The third-order valence-corrected chi connectivity index (χ3v) is 2.56. The van der Waals surface area contributed by atoms with Gasteiger partial charge in [-0.15, -0.1) is 0 Å². The molecule has 4 heteroatoms. The molecule has 1 aromatic carbocycles. The van der Waals surface area contributed by atoms with Gasteiger partial charge in [-0.1, -0.05) is 12.1 Å². The fraction of sp³-hybridized carbons (Fsp3) is 0.231. The molecule has 1 aromatic heterocycles. The molecule has 0 atom stereocenters. The van der Waals surface area contributed by atoms with Gasteiger partial charge in [-0.2, -0.15) is 4.98 Å². The monoisotopic (exact) mass is 230 g/mol. The van der Waals surface area contributed by atoms with Crippen molar-refractivity contribution in [3.8, 4) is 11.4 Å². The minimum atomic E-state index is -0.285. The molecule has 0 radical (unpaired) electrons. The van der Waals surface area contributed by atoms with Gasteiger partial charge < -0.3 is 4.74 Å². The molecule has 0 amide bonds. The van der Waals surface area contributed by atoms with Gasteiger partial charge in [0.05, 0.1) is 12.8 Å². The summed E-state index contributed by atoms with van der Waals surface area (Å²) in [4.78, 5) is 15.9. The quantitative estimate of drug-likeness (QED) is 0.791. The van der Waals surface area contributed by atoms with Crippen LogP contribution in [0.4, 0.5) is 0 Å². The number of nitrogens with zero attached hydrogens (tertiary/aromatic N) is 2. The molecule has 0 bridgehead atoms. The highest BCUT2D eigenvalue weighted by Crippen LogP contribution is 2.21. The zero-order chi connectivity index (χ0) is 12.4. The maximum Gasteiger partial charge on any atom is 0.352 e. The standard InChI is InChI=1S/C13H14N2O2/c1-9-8-10(2)15(13(16)14-9)11-6-4-5-7-12(11)17-3/h4-8H,1-3H3.